The third-order valence-electron chi connectivity index (χ3n) is 2.73. The van der Waals surface area contributed by atoms with Gasteiger partial charge in [-0.1, -0.05) is 0 Å². The molecule has 0 aliphatic carbocycles. The number of anilines is 1. The van der Waals surface area contributed by atoms with Crippen LogP contribution >= 0.6 is 11.8 Å². The van der Waals surface area contributed by atoms with Crippen LogP contribution < -0.4 is 10.6 Å². The van der Waals surface area contributed by atoms with Crippen molar-refractivity contribution < 1.29 is 4.79 Å². The van der Waals surface area contributed by atoms with Crippen molar-refractivity contribution in [2.24, 2.45) is 0 Å². The number of thioether (sulfide) groups is 1. The Morgan fingerprint density at radius 3 is 2.75 bits per heavy atom. The molecule has 0 bridgehead atoms. The van der Waals surface area contributed by atoms with E-state index in [2.05, 4.69) is 10.6 Å². The lowest BCUT2D eigenvalue weighted by Crippen LogP contribution is -2.35. The van der Waals surface area contributed by atoms with E-state index in [9.17, 15) is 4.79 Å². The predicted octanol–water partition coefficient (Wildman–Crippen LogP) is 2.10. The molecule has 1 aliphatic rings. The van der Waals surface area contributed by atoms with E-state index in [4.69, 9.17) is 0 Å². The molecule has 4 heteroatoms. The summed E-state index contributed by atoms with van der Waals surface area (Å²) < 4.78 is 0. The van der Waals surface area contributed by atoms with Gasteiger partial charge in [0.25, 0.3) is 0 Å². The van der Waals surface area contributed by atoms with Crippen LogP contribution in [0.1, 0.15) is 12.8 Å². The molecule has 1 saturated heterocycles. The van der Waals surface area contributed by atoms with Crippen molar-refractivity contribution in [1.29, 1.82) is 0 Å². The number of benzene rings is 1. The van der Waals surface area contributed by atoms with Gasteiger partial charge in [0.15, 0.2) is 0 Å². The first-order valence-electron chi connectivity index (χ1n) is 5.48. The molecule has 2 rings (SSSR count). The molecule has 2 N–H and O–H groups in total. The van der Waals surface area contributed by atoms with Crippen molar-refractivity contribution in [3.8, 4) is 0 Å². The molecule has 3 nitrogen and oxygen atoms in total. The Balaban J connectivity index is 1.94. The Bertz CT molecular complexity index is 358. The quantitative estimate of drug-likeness (QED) is 0.790. The predicted molar refractivity (Wildman–Crippen MR) is 67.9 cm³/mol. The van der Waals surface area contributed by atoms with Crippen LogP contribution in [0, 0.1) is 0 Å². The van der Waals surface area contributed by atoms with E-state index in [1.165, 1.54) is 4.90 Å². The van der Waals surface area contributed by atoms with Crippen LogP contribution in [0.5, 0.6) is 0 Å². The monoisotopic (exact) mass is 236 g/mol. The standard InChI is InChI=1S/C12H16N2OS/c1-16-10-6-4-9(5-7-10)14-12(15)11-3-2-8-13-11/h4-7,11,13H,2-3,8H2,1H3,(H,14,15)/t11-/m0/s1. The van der Waals surface area contributed by atoms with Crippen molar-refractivity contribution in [3.63, 3.8) is 0 Å². The minimum absolute atomic E-state index is 0.0137. The second-order valence-electron chi connectivity index (χ2n) is 3.87. The van der Waals surface area contributed by atoms with Gasteiger partial charge in [-0.05, 0) is 49.9 Å². The summed E-state index contributed by atoms with van der Waals surface area (Å²) >= 11 is 1.70. The first-order chi connectivity index (χ1) is 7.79. The lowest BCUT2D eigenvalue weighted by Gasteiger charge is -2.11. The summed E-state index contributed by atoms with van der Waals surface area (Å²) in [5, 5.41) is 6.11. The largest absolute Gasteiger partial charge is 0.325 e. The molecule has 86 valence electrons. The topological polar surface area (TPSA) is 41.1 Å². The van der Waals surface area contributed by atoms with Crippen molar-refractivity contribution >= 4 is 23.4 Å². The summed E-state index contributed by atoms with van der Waals surface area (Å²) in [5.74, 6) is 0.0781. The minimum Gasteiger partial charge on any atom is -0.325 e. The average Bonchev–Trinajstić information content (AvgIpc) is 2.83. The fraction of sp³-hybridized carbons (Fsp3) is 0.417. The van der Waals surface area contributed by atoms with Crippen molar-refractivity contribution in [3.05, 3.63) is 24.3 Å². The number of carbonyl (C=O) groups excluding carboxylic acids is 1. The van der Waals surface area contributed by atoms with Gasteiger partial charge in [0, 0.05) is 10.6 Å². The Morgan fingerprint density at radius 1 is 1.44 bits per heavy atom. The highest BCUT2D eigenvalue weighted by molar-refractivity contribution is 7.98. The third-order valence-corrected chi connectivity index (χ3v) is 3.48. The maximum Gasteiger partial charge on any atom is 0.241 e. The van der Waals surface area contributed by atoms with Crippen molar-refractivity contribution in [1.82, 2.24) is 5.32 Å². The number of rotatable bonds is 3. The van der Waals surface area contributed by atoms with E-state index in [-0.39, 0.29) is 11.9 Å². The van der Waals surface area contributed by atoms with Crippen LogP contribution in [0.15, 0.2) is 29.2 Å². The Kier molecular flexibility index (Phi) is 3.85. The Hall–Kier alpha value is -1.00. The molecule has 1 aliphatic heterocycles. The van der Waals surface area contributed by atoms with Gasteiger partial charge < -0.3 is 10.6 Å². The first kappa shape index (κ1) is 11.5. The SMILES string of the molecule is CSc1ccc(NC(=O)[C@@H]2CCCN2)cc1. The molecule has 1 atom stereocenters. The van der Waals surface area contributed by atoms with Gasteiger partial charge in [-0.2, -0.15) is 0 Å². The first-order valence-corrected chi connectivity index (χ1v) is 6.70. The van der Waals surface area contributed by atoms with Crippen molar-refractivity contribution in [2.75, 3.05) is 18.1 Å². The number of hydrogen-bond acceptors (Lipinski definition) is 3. The molecule has 1 aromatic rings. The number of hydrogen-bond donors (Lipinski definition) is 2. The van der Waals surface area contributed by atoms with Gasteiger partial charge in [-0.25, -0.2) is 0 Å². The van der Waals surface area contributed by atoms with Gasteiger partial charge in [0.05, 0.1) is 6.04 Å². The highest BCUT2D eigenvalue weighted by Crippen LogP contribution is 2.18. The summed E-state index contributed by atoms with van der Waals surface area (Å²) in [5.41, 5.74) is 0.872. The average molecular weight is 236 g/mol. The normalized spacial score (nSPS) is 19.7. The zero-order valence-electron chi connectivity index (χ0n) is 9.32. The molecule has 0 radical (unpaired) electrons. The second-order valence-corrected chi connectivity index (χ2v) is 4.75. The van der Waals surface area contributed by atoms with E-state index in [1.807, 2.05) is 30.5 Å². The second kappa shape index (κ2) is 5.37. The van der Waals surface area contributed by atoms with E-state index in [0.29, 0.717) is 0 Å². The highest BCUT2D eigenvalue weighted by Gasteiger charge is 2.21. The Labute approximate surface area is 100.0 Å². The Morgan fingerprint density at radius 2 is 2.19 bits per heavy atom. The zero-order valence-corrected chi connectivity index (χ0v) is 10.1. The zero-order chi connectivity index (χ0) is 11.4. The molecule has 0 spiro atoms. The summed E-state index contributed by atoms with van der Waals surface area (Å²) in [6, 6.07) is 7.91. The summed E-state index contributed by atoms with van der Waals surface area (Å²) in [6.07, 6.45) is 4.06. The summed E-state index contributed by atoms with van der Waals surface area (Å²) in [4.78, 5) is 13.0. The molecular formula is C12H16N2OS. The molecule has 0 unspecified atom stereocenters. The fourth-order valence-corrected chi connectivity index (χ4v) is 2.22. The number of carbonyl (C=O) groups is 1. The highest BCUT2D eigenvalue weighted by atomic mass is 32.2. The van der Waals surface area contributed by atoms with E-state index in [1.54, 1.807) is 11.8 Å². The lowest BCUT2D eigenvalue weighted by atomic mass is 10.2. The lowest BCUT2D eigenvalue weighted by molar-refractivity contribution is -0.117. The minimum atomic E-state index is -0.0137. The van der Waals surface area contributed by atoms with Crippen LogP contribution in [0.2, 0.25) is 0 Å². The maximum absolute atomic E-state index is 11.8. The van der Waals surface area contributed by atoms with Crippen LogP contribution in [-0.4, -0.2) is 24.7 Å². The van der Waals surface area contributed by atoms with Crippen LogP contribution in [0.25, 0.3) is 0 Å². The van der Waals surface area contributed by atoms with Gasteiger partial charge in [-0.15, -0.1) is 11.8 Å². The van der Waals surface area contributed by atoms with Gasteiger partial charge in [0.1, 0.15) is 0 Å². The summed E-state index contributed by atoms with van der Waals surface area (Å²) in [7, 11) is 0. The molecule has 16 heavy (non-hydrogen) atoms. The molecule has 1 amide bonds. The molecule has 0 saturated carbocycles. The molecule has 1 fully saturated rings. The maximum atomic E-state index is 11.8. The molecule has 1 heterocycles. The van der Waals surface area contributed by atoms with E-state index in [0.717, 1.165) is 25.1 Å². The molecule has 0 aromatic heterocycles. The van der Waals surface area contributed by atoms with Crippen LogP contribution in [-0.2, 0) is 4.79 Å². The number of nitrogens with one attached hydrogen (secondary N) is 2. The molecule has 1 aromatic carbocycles. The van der Waals surface area contributed by atoms with Gasteiger partial charge >= 0.3 is 0 Å². The fourth-order valence-electron chi connectivity index (χ4n) is 1.81. The van der Waals surface area contributed by atoms with Crippen LogP contribution in [0.4, 0.5) is 5.69 Å². The van der Waals surface area contributed by atoms with Gasteiger partial charge in [0.2, 0.25) is 5.91 Å². The summed E-state index contributed by atoms with van der Waals surface area (Å²) in [6.45, 7) is 0.948. The van der Waals surface area contributed by atoms with Crippen molar-refractivity contribution in [2.45, 2.75) is 23.8 Å². The van der Waals surface area contributed by atoms with Crippen LogP contribution in [0.3, 0.4) is 0 Å². The molecular weight excluding hydrogens is 220 g/mol. The smallest absolute Gasteiger partial charge is 0.241 e. The van der Waals surface area contributed by atoms with E-state index < -0.39 is 0 Å². The van der Waals surface area contributed by atoms with E-state index >= 15 is 0 Å². The third kappa shape index (κ3) is 2.77. The number of amides is 1. The van der Waals surface area contributed by atoms with Gasteiger partial charge in [-0.3, -0.25) is 4.79 Å².